The van der Waals surface area contributed by atoms with E-state index >= 15 is 4.39 Å². The Hall–Kier alpha value is -3.78. The summed E-state index contributed by atoms with van der Waals surface area (Å²) >= 11 is 0. The van der Waals surface area contributed by atoms with Crippen LogP contribution in [-0.2, 0) is 22.4 Å². The van der Waals surface area contributed by atoms with E-state index in [1.54, 1.807) is 36.4 Å². The number of carbonyl (C=O) groups is 1. The van der Waals surface area contributed by atoms with E-state index in [9.17, 15) is 9.59 Å². The number of pyridine rings is 1. The van der Waals surface area contributed by atoms with Crippen molar-refractivity contribution in [3.63, 3.8) is 0 Å². The van der Waals surface area contributed by atoms with E-state index in [2.05, 4.69) is 4.98 Å². The Bertz CT molecular complexity index is 1450. The lowest BCUT2D eigenvalue weighted by atomic mass is 9.99. The van der Waals surface area contributed by atoms with Gasteiger partial charge in [0.1, 0.15) is 11.6 Å². The van der Waals surface area contributed by atoms with E-state index < -0.39 is 5.97 Å². The largest absolute Gasteiger partial charge is 0.465 e. The minimum absolute atomic E-state index is 0.0572. The fraction of sp³-hybridized carbons (Fsp3) is 0.269. The Morgan fingerprint density at radius 3 is 2.79 bits per heavy atom. The van der Waals surface area contributed by atoms with Gasteiger partial charge in [-0.15, -0.1) is 0 Å². The summed E-state index contributed by atoms with van der Waals surface area (Å²) in [6.45, 7) is 3.18. The van der Waals surface area contributed by atoms with E-state index in [-0.39, 0.29) is 23.9 Å². The number of aryl methyl sites for hydroxylation is 1. The highest BCUT2D eigenvalue weighted by Gasteiger charge is 2.23. The van der Waals surface area contributed by atoms with Crippen molar-refractivity contribution < 1.29 is 18.7 Å². The van der Waals surface area contributed by atoms with Crippen LogP contribution in [0.4, 0.5) is 4.39 Å². The SMILES string of the molecule is COC(=O)c1ccc2nc(Cc3cc(C)c(-c4cccc(=O)[nH]4)cc3F)n(C[C@@H]3CCO3)c2c1. The number of esters is 1. The standard InChI is InChI=1S/C26H24FN3O4/c1-15-10-17(20(27)13-19(15)21-4-3-5-25(31)29-21)12-24-28-22-7-6-16(26(32)33-2)11-23(22)30(24)14-18-8-9-34-18/h3-7,10-11,13,18H,8-9,12,14H2,1-2H3,(H,29,31)/t18-/m0/s1. The van der Waals surface area contributed by atoms with Crippen LogP contribution >= 0.6 is 0 Å². The van der Waals surface area contributed by atoms with Crippen LogP contribution in [0.2, 0.25) is 0 Å². The molecule has 1 atom stereocenters. The summed E-state index contributed by atoms with van der Waals surface area (Å²) in [7, 11) is 1.34. The minimum Gasteiger partial charge on any atom is -0.465 e. The molecule has 1 saturated heterocycles. The Morgan fingerprint density at radius 1 is 1.26 bits per heavy atom. The van der Waals surface area contributed by atoms with Crippen LogP contribution in [0, 0.1) is 12.7 Å². The molecule has 34 heavy (non-hydrogen) atoms. The van der Waals surface area contributed by atoms with Crippen LogP contribution in [0.1, 0.15) is 33.7 Å². The number of H-pyrrole nitrogens is 1. The molecule has 0 radical (unpaired) electrons. The van der Waals surface area contributed by atoms with E-state index in [1.165, 1.54) is 19.2 Å². The first-order chi connectivity index (χ1) is 16.4. The zero-order valence-corrected chi connectivity index (χ0v) is 18.9. The number of imidazole rings is 1. The number of hydrogen-bond donors (Lipinski definition) is 1. The summed E-state index contributed by atoms with van der Waals surface area (Å²) < 4.78 is 27.7. The minimum atomic E-state index is -0.424. The fourth-order valence-corrected chi connectivity index (χ4v) is 4.33. The number of rotatable bonds is 6. The molecule has 0 aliphatic carbocycles. The molecule has 2 aromatic heterocycles. The van der Waals surface area contributed by atoms with E-state index in [4.69, 9.17) is 14.5 Å². The van der Waals surface area contributed by atoms with Crippen molar-refractivity contribution >= 4 is 17.0 Å². The second-order valence-corrected chi connectivity index (χ2v) is 8.48. The summed E-state index contributed by atoms with van der Waals surface area (Å²) in [5, 5.41) is 0. The van der Waals surface area contributed by atoms with E-state index in [1.807, 2.05) is 11.5 Å². The number of benzene rings is 2. The first-order valence-corrected chi connectivity index (χ1v) is 11.1. The average Bonchev–Trinajstić information content (AvgIpc) is 3.13. The molecular formula is C26H24FN3O4. The molecule has 2 aromatic carbocycles. The van der Waals surface area contributed by atoms with Crippen LogP contribution < -0.4 is 5.56 Å². The Labute approximate surface area is 195 Å². The highest BCUT2D eigenvalue weighted by molar-refractivity contribution is 5.93. The van der Waals surface area contributed by atoms with Crippen molar-refractivity contribution in [3.8, 4) is 11.3 Å². The lowest BCUT2D eigenvalue weighted by molar-refractivity contribution is -0.0589. The first-order valence-electron chi connectivity index (χ1n) is 11.1. The zero-order valence-electron chi connectivity index (χ0n) is 18.9. The van der Waals surface area contributed by atoms with Crippen LogP contribution in [0.25, 0.3) is 22.3 Å². The maximum atomic E-state index is 15.2. The normalized spacial score (nSPS) is 15.3. The van der Waals surface area contributed by atoms with Gasteiger partial charge in [-0.3, -0.25) is 4.79 Å². The number of aromatic amines is 1. The molecule has 0 bridgehead atoms. The smallest absolute Gasteiger partial charge is 0.337 e. The number of aromatic nitrogens is 3. The molecule has 3 heterocycles. The van der Waals surface area contributed by atoms with Crippen molar-refractivity contribution in [3.05, 3.63) is 87.2 Å². The summed E-state index contributed by atoms with van der Waals surface area (Å²) in [6.07, 6.45) is 1.27. The summed E-state index contributed by atoms with van der Waals surface area (Å²) in [4.78, 5) is 31.3. The maximum Gasteiger partial charge on any atom is 0.337 e. The predicted molar refractivity (Wildman–Crippen MR) is 125 cm³/mol. The summed E-state index contributed by atoms with van der Waals surface area (Å²) in [6, 6.07) is 13.3. The van der Waals surface area contributed by atoms with E-state index in [0.717, 1.165) is 29.6 Å². The van der Waals surface area contributed by atoms with Gasteiger partial charge in [0.05, 0.1) is 36.4 Å². The van der Waals surface area contributed by atoms with Gasteiger partial charge in [0, 0.05) is 30.4 Å². The number of methoxy groups -OCH3 is 1. The number of halogens is 1. The molecule has 0 saturated carbocycles. The van der Waals surface area contributed by atoms with Gasteiger partial charge in [0.25, 0.3) is 0 Å². The number of nitrogens with zero attached hydrogens (tertiary/aromatic N) is 2. The predicted octanol–water partition coefficient (Wildman–Crippen LogP) is 4.01. The summed E-state index contributed by atoms with van der Waals surface area (Å²) in [5.41, 5.74) is 4.25. The average molecular weight is 461 g/mol. The fourth-order valence-electron chi connectivity index (χ4n) is 4.33. The molecule has 1 N–H and O–H groups in total. The molecular weight excluding hydrogens is 437 g/mol. The number of nitrogens with one attached hydrogen (secondary N) is 1. The number of carbonyl (C=O) groups excluding carboxylic acids is 1. The molecule has 0 spiro atoms. The van der Waals surface area contributed by atoms with E-state index in [0.29, 0.717) is 34.8 Å². The molecule has 7 nitrogen and oxygen atoms in total. The second kappa shape index (κ2) is 8.87. The topological polar surface area (TPSA) is 86.2 Å². The van der Waals surface area contributed by atoms with Crippen molar-refractivity contribution in [2.45, 2.75) is 32.4 Å². The second-order valence-electron chi connectivity index (χ2n) is 8.48. The van der Waals surface area contributed by atoms with Gasteiger partial charge in [-0.1, -0.05) is 12.1 Å². The van der Waals surface area contributed by atoms with Crippen LogP contribution in [0.5, 0.6) is 0 Å². The lowest BCUT2D eigenvalue weighted by Crippen LogP contribution is -2.31. The van der Waals surface area contributed by atoms with Gasteiger partial charge in [0.15, 0.2) is 0 Å². The Morgan fingerprint density at radius 2 is 2.09 bits per heavy atom. The highest BCUT2D eigenvalue weighted by Crippen LogP contribution is 2.28. The van der Waals surface area contributed by atoms with Crippen LogP contribution in [0.3, 0.4) is 0 Å². The highest BCUT2D eigenvalue weighted by atomic mass is 19.1. The van der Waals surface area contributed by atoms with Crippen molar-refractivity contribution in [1.29, 1.82) is 0 Å². The van der Waals surface area contributed by atoms with Gasteiger partial charge < -0.3 is 19.0 Å². The molecule has 8 heteroatoms. The molecule has 5 rings (SSSR count). The lowest BCUT2D eigenvalue weighted by Gasteiger charge is -2.27. The van der Waals surface area contributed by atoms with Crippen LogP contribution in [-0.4, -0.2) is 40.3 Å². The van der Waals surface area contributed by atoms with Gasteiger partial charge in [0.2, 0.25) is 5.56 Å². The third kappa shape index (κ3) is 4.12. The monoisotopic (exact) mass is 461 g/mol. The number of hydrogen-bond acceptors (Lipinski definition) is 5. The van der Waals surface area contributed by atoms with Gasteiger partial charge in [-0.05, 0) is 54.8 Å². The number of ether oxygens (including phenoxy) is 2. The molecule has 1 aliphatic rings. The van der Waals surface area contributed by atoms with Crippen molar-refractivity contribution in [1.82, 2.24) is 14.5 Å². The summed E-state index contributed by atoms with van der Waals surface area (Å²) in [5.74, 6) is -0.113. The Kier molecular flexibility index (Phi) is 5.75. The zero-order chi connectivity index (χ0) is 23.8. The molecule has 174 valence electrons. The first kappa shape index (κ1) is 22.0. The Balaban J connectivity index is 1.55. The third-order valence-corrected chi connectivity index (χ3v) is 6.23. The van der Waals surface area contributed by atoms with Gasteiger partial charge >= 0.3 is 5.97 Å². The molecule has 0 unspecified atom stereocenters. The van der Waals surface area contributed by atoms with Crippen molar-refractivity contribution in [2.75, 3.05) is 13.7 Å². The quantitative estimate of drug-likeness (QED) is 0.439. The van der Waals surface area contributed by atoms with Gasteiger partial charge in [-0.2, -0.15) is 0 Å². The third-order valence-electron chi connectivity index (χ3n) is 6.23. The molecule has 4 aromatic rings. The van der Waals surface area contributed by atoms with Gasteiger partial charge in [-0.25, -0.2) is 14.2 Å². The van der Waals surface area contributed by atoms with Crippen LogP contribution in [0.15, 0.2) is 53.3 Å². The number of fused-ring (bicyclic) bond motifs is 1. The molecule has 1 aliphatic heterocycles. The molecule has 0 amide bonds. The molecule has 1 fully saturated rings. The maximum absolute atomic E-state index is 15.2. The van der Waals surface area contributed by atoms with Crippen molar-refractivity contribution in [2.24, 2.45) is 0 Å².